The van der Waals surface area contributed by atoms with Crippen molar-refractivity contribution in [2.24, 2.45) is 0 Å². The third-order valence-electron chi connectivity index (χ3n) is 3.61. The summed E-state index contributed by atoms with van der Waals surface area (Å²) < 4.78 is 22.1. The monoisotopic (exact) mass is 387 g/mol. The molecule has 24 heavy (non-hydrogen) atoms. The van der Waals surface area contributed by atoms with E-state index >= 15 is 0 Å². The molecule has 0 unspecified atom stereocenters. The average molecular weight is 388 g/mol. The molecule has 0 aliphatic carbocycles. The zero-order chi connectivity index (χ0) is 17.1. The fourth-order valence-electron chi connectivity index (χ4n) is 2.40. The van der Waals surface area contributed by atoms with Crippen LogP contribution in [0.5, 0.6) is 23.0 Å². The van der Waals surface area contributed by atoms with E-state index in [1.807, 2.05) is 12.1 Å². The summed E-state index contributed by atoms with van der Waals surface area (Å²) in [5, 5.41) is 9.56. The maximum Gasteiger partial charge on any atom is 0.231 e. The van der Waals surface area contributed by atoms with Crippen LogP contribution in [-0.4, -0.2) is 21.0 Å². The molecule has 0 fully saturated rings. The van der Waals surface area contributed by atoms with Gasteiger partial charge in [-0.25, -0.2) is 0 Å². The normalized spacial score (nSPS) is 12.7. The summed E-state index contributed by atoms with van der Waals surface area (Å²) in [6, 6.07) is 11.3. The summed E-state index contributed by atoms with van der Waals surface area (Å²) in [6.07, 6.45) is 1.76. The van der Waals surface area contributed by atoms with Gasteiger partial charge in [-0.2, -0.15) is 5.26 Å². The Bertz CT molecular complexity index is 855. The lowest BCUT2D eigenvalue weighted by Crippen LogP contribution is -1.93. The van der Waals surface area contributed by atoms with E-state index in [1.54, 1.807) is 38.5 Å². The fraction of sp³-hybridized carbons (Fsp3) is 0.167. The molecule has 1 aliphatic heterocycles. The Labute approximate surface area is 148 Å². The molecule has 122 valence electrons. The van der Waals surface area contributed by atoms with Crippen LogP contribution in [0, 0.1) is 11.3 Å². The van der Waals surface area contributed by atoms with Crippen LogP contribution in [0.3, 0.4) is 0 Å². The van der Waals surface area contributed by atoms with Crippen molar-refractivity contribution in [2.75, 3.05) is 21.0 Å². The summed E-state index contributed by atoms with van der Waals surface area (Å²) in [5.41, 5.74) is 2.00. The quantitative estimate of drug-likeness (QED) is 0.579. The smallest absolute Gasteiger partial charge is 0.231 e. The molecule has 1 aliphatic rings. The van der Waals surface area contributed by atoms with Crippen molar-refractivity contribution < 1.29 is 18.9 Å². The van der Waals surface area contributed by atoms with Gasteiger partial charge in [-0.1, -0.05) is 0 Å². The van der Waals surface area contributed by atoms with E-state index in [0.717, 1.165) is 15.6 Å². The summed E-state index contributed by atoms with van der Waals surface area (Å²) >= 11 is 3.45. The fourth-order valence-corrected chi connectivity index (χ4v) is 2.92. The minimum atomic E-state index is 0.198. The Morgan fingerprint density at radius 1 is 1.12 bits per heavy atom. The van der Waals surface area contributed by atoms with Crippen LogP contribution in [0.2, 0.25) is 0 Å². The number of nitriles is 1. The SMILES string of the molecule is COc1cc(OC)c(C=C(C#N)c2ccc3c(c2)OCO3)cc1Br. The molecular weight excluding hydrogens is 374 g/mol. The van der Waals surface area contributed by atoms with Crippen LogP contribution in [0.1, 0.15) is 11.1 Å². The van der Waals surface area contributed by atoms with E-state index in [4.69, 9.17) is 18.9 Å². The second kappa shape index (κ2) is 6.85. The van der Waals surface area contributed by atoms with Gasteiger partial charge >= 0.3 is 0 Å². The molecule has 0 saturated heterocycles. The van der Waals surface area contributed by atoms with Gasteiger partial charge in [-0.15, -0.1) is 0 Å². The summed E-state index contributed by atoms with van der Waals surface area (Å²) in [4.78, 5) is 0. The predicted molar refractivity (Wildman–Crippen MR) is 93.3 cm³/mol. The van der Waals surface area contributed by atoms with E-state index in [1.165, 1.54) is 0 Å². The van der Waals surface area contributed by atoms with Gasteiger partial charge in [-0.05, 0) is 51.8 Å². The van der Waals surface area contributed by atoms with Crippen molar-refractivity contribution in [3.8, 4) is 29.1 Å². The number of nitrogens with zero attached hydrogens (tertiary/aromatic N) is 1. The van der Waals surface area contributed by atoms with Gasteiger partial charge in [0.25, 0.3) is 0 Å². The van der Waals surface area contributed by atoms with Crippen molar-refractivity contribution in [1.29, 1.82) is 5.26 Å². The number of rotatable bonds is 4. The number of hydrogen-bond acceptors (Lipinski definition) is 5. The van der Waals surface area contributed by atoms with Crippen LogP contribution in [0.4, 0.5) is 0 Å². The lowest BCUT2D eigenvalue weighted by Gasteiger charge is -2.10. The van der Waals surface area contributed by atoms with Crippen LogP contribution in [0.25, 0.3) is 11.6 Å². The largest absolute Gasteiger partial charge is 0.496 e. The number of hydrogen-bond donors (Lipinski definition) is 0. The summed E-state index contributed by atoms with van der Waals surface area (Å²) in [7, 11) is 3.16. The number of halogens is 1. The van der Waals surface area contributed by atoms with Crippen LogP contribution >= 0.6 is 15.9 Å². The van der Waals surface area contributed by atoms with E-state index in [9.17, 15) is 5.26 Å². The van der Waals surface area contributed by atoms with Crippen LogP contribution in [0.15, 0.2) is 34.8 Å². The molecule has 0 saturated carbocycles. The molecule has 0 radical (unpaired) electrons. The maximum absolute atomic E-state index is 9.56. The average Bonchev–Trinajstić information content (AvgIpc) is 3.07. The molecule has 0 aromatic heterocycles. The number of allylic oxidation sites excluding steroid dienone is 1. The van der Waals surface area contributed by atoms with Gasteiger partial charge in [0.1, 0.15) is 11.5 Å². The Hall–Kier alpha value is -2.65. The second-order valence-corrected chi connectivity index (χ2v) is 5.82. The molecule has 0 spiro atoms. The van der Waals surface area contributed by atoms with Gasteiger partial charge < -0.3 is 18.9 Å². The van der Waals surface area contributed by atoms with Gasteiger partial charge in [0.15, 0.2) is 11.5 Å². The maximum atomic E-state index is 9.56. The molecule has 0 N–H and O–H groups in total. The predicted octanol–water partition coefficient (Wildman–Crippen LogP) is 4.26. The second-order valence-electron chi connectivity index (χ2n) is 4.97. The van der Waals surface area contributed by atoms with E-state index in [-0.39, 0.29) is 6.79 Å². The van der Waals surface area contributed by atoms with Gasteiger partial charge in [0, 0.05) is 11.6 Å². The lowest BCUT2D eigenvalue weighted by molar-refractivity contribution is 0.174. The minimum absolute atomic E-state index is 0.198. The molecule has 5 nitrogen and oxygen atoms in total. The zero-order valence-corrected chi connectivity index (χ0v) is 14.7. The van der Waals surface area contributed by atoms with Crippen molar-refractivity contribution in [3.63, 3.8) is 0 Å². The molecule has 3 rings (SSSR count). The third kappa shape index (κ3) is 3.03. The molecule has 0 amide bonds. The van der Waals surface area contributed by atoms with E-state index in [0.29, 0.717) is 28.6 Å². The van der Waals surface area contributed by atoms with Crippen LogP contribution in [-0.2, 0) is 0 Å². The third-order valence-corrected chi connectivity index (χ3v) is 4.23. The molecule has 2 aromatic rings. The minimum Gasteiger partial charge on any atom is -0.496 e. The zero-order valence-electron chi connectivity index (χ0n) is 13.1. The number of benzene rings is 2. The molecule has 0 atom stereocenters. The van der Waals surface area contributed by atoms with Gasteiger partial charge in [0.2, 0.25) is 6.79 Å². The first-order valence-electron chi connectivity index (χ1n) is 7.09. The Morgan fingerprint density at radius 3 is 2.58 bits per heavy atom. The Kier molecular flexibility index (Phi) is 4.63. The van der Waals surface area contributed by atoms with Crippen LogP contribution < -0.4 is 18.9 Å². The number of methoxy groups -OCH3 is 2. The highest BCUT2D eigenvalue weighted by atomic mass is 79.9. The van der Waals surface area contributed by atoms with Crippen molar-refractivity contribution in [1.82, 2.24) is 0 Å². The highest BCUT2D eigenvalue weighted by Gasteiger charge is 2.15. The standard InChI is InChI=1S/C18H14BrNO4/c1-21-16-8-17(22-2)14(19)6-12(16)5-13(9-20)11-3-4-15-18(7-11)24-10-23-15/h3-8H,10H2,1-2H3. The topological polar surface area (TPSA) is 60.7 Å². The van der Waals surface area contributed by atoms with Gasteiger partial charge in [0.05, 0.1) is 30.3 Å². The first-order valence-corrected chi connectivity index (χ1v) is 7.89. The number of fused-ring (bicyclic) bond motifs is 1. The Morgan fingerprint density at radius 2 is 1.88 bits per heavy atom. The molecule has 1 heterocycles. The molecule has 0 bridgehead atoms. The Balaban J connectivity index is 2.05. The summed E-state index contributed by atoms with van der Waals surface area (Å²) in [5.74, 6) is 2.59. The lowest BCUT2D eigenvalue weighted by atomic mass is 10.0. The molecule has 6 heteroatoms. The molecule has 2 aromatic carbocycles. The first-order chi connectivity index (χ1) is 11.7. The van der Waals surface area contributed by atoms with E-state index in [2.05, 4.69) is 22.0 Å². The van der Waals surface area contributed by atoms with E-state index < -0.39 is 0 Å². The highest BCUT2D eigenvalue weighted by molar-refractivity contribution is 9.10. The summed E-state index contributed by atoms with van der Waals surface area (Å²) in [6.45, 7) is 0.198. The molecular formula is C18H14BrNO4. The highest BCUT2D eigenvalue weighted by Crippen LogP contribution is 2.37. The van der Waals surface area contributed by atoms with Crippen molar-refractivity contribution in [3.05, 3.63) is 45.9 Å². The van der Waals surface area contributed by atoms with Crippen molar-refractivity contribution >= 4 is 27.6 Å². The number of ether oxygens (including phenoxy) is 4. The first kappa shape index (κ1) is 16.2. The van der Waals surface area contributed by atoms with Gasteiger partial charge in [-0.3, -0.25) is 0 Å². The van der Waals surface area contributed by atoms with Crippen molar-refractivity contribution in [2.45, 2.75) is 0 Å².